The van der Waals surface area contributed by atoms with Crippen molar-refractivity contribution in [3.05, 3.63) is 69.5 Å². The number of hydrogen-bond donors (Lipinski definition) is 0. The van der Waals surface area contributed by atoms with E-state index in [0.717, 1.165) is 5.56 Å². The predicted molar refractivity (Wildman–Crippen MR) is 104 cm³/mol. The van der Waals surface area contributed by atoms with Crippen LogP contribution in [0.2, 0.25) is 10.0 Å². The summed E-state index contributed by atoms with van der Waals surface area (Å²) in [5.41, 5.74) is 1.25. The molecule has 0 N–H and O–H groups in total. The maximum atomic E-state index is 13.0. The van der Waals surface area contributed by atoms with Crippen LogP contribution in [0.25, 0.3) is 0 Å². The maximum Gasteiger partial charge on any atom is 0.253 e. The Morgan fingerprint density at radius 2 is 1.56 bits per heavy atom. The van der Waals surface area contributed by atoms with Crippen molar-refractivity contribution >= 4 is 35.0 Å². The fourth-order valence-corrected chi connectivity index (χ4v) is 3.37. The average Bonchev–Trinajstić information content (AvgIpc) is 2.91. The van der Waals surface area contributed by atoms with Gasteiger partial charge in [-0.1, -0.05) is 35.3 Å². The highest BCUT2D eigenvalue weighted by atomic mass is 35.5. The molecule has 2 aromatic carbocycles. The normalized spacial score (nSPS) is 14.8. The zero-order valence-electron chi connectivity index (χ0n) is 14.6. The molecule has 0 atom stereocenters. The summed E-state index contributed by atoms with van der Waals surface area (Å²) in [6.07, 6.45) is 0.920. The lowest BCUT2D eigenvalue weighted by molar-refractivity contribution is -0.130. The molecule has 0 aromatic heterocycles. The quantitative estimate of drug-likeness (QED) is 0.768. The van der Waals surface area contributed by atoms with Gasteiger partial charge in [-0.3, -0.25) is 9.59 Å². The Bertz CT molecular complexity index is 842. The van der Waals surface area contributed by atoms with Gasteiger partial charge in [-0.25, -0.2) is 4.39 Å². The van der Waals surface area contributed by atoms with Crippen LogP contribution in [-0.4, -0.2) is 47.8 Å². The van der Waals surface area contributed by atoms with Gasteiger partial charge in [0.2, 0.25) is 5.91 Å². The van der Waals surface area contributed by atoms with E-state index in [1.807, 2.05) is 0 Å². The van der Waals surface area contributed by atoms with E-state index in [2.05, 4.69) is 0 Å². The summed E-state index contributed by atoms with van der Waals surface area (Å²) in [5, 5.41) is 0.745. The summed E-state index contributed by atoms with van der Waals surface area (Å²) in [6, 6.07) is 10.8. The molecular formula is C20H19Cl2FN2O2. The third kappa shape index (κ3) is 4.99. The molecule has 27 heavy (non-hydrogen) atoms. The first kappa shape index (κ1) is 19.6. The van der Waals surface area contributed by atoms with Crippen LogP contribution in [0.4, 0.5) is 4.39 Å². The van der Waals surface area contributed by atoms with Gasteiger partial charge in [-0.15, -0.1) is 0 Å². The number of hydrogen-bond acceptors (Lipinski definition) is 2. The maximum absolute atomic E-state index is 13.0. The minimum absolute atomic E-state index is 0.0227. The molecule has 1 heterocycles. The zero-order chi connectivity index (χ0) is 19.4. The van der Waals surface area contributed by atoms with E-state index in [1.54, 1.807) is 40.1 Å². The van der Waals surface area contributed by atoms with E-state index in [9.17, 15) is 14.0 Å². The van der Waals surface area contributed by atoms with E-state index in [1.165, 1.54) is 12.1 Å². The number of halogens is 3. The lowest BCUT2D eigenvalue weighted by atomic mass is 10.1. The van der Waals surface area contributed by atoms with Gasteiger partial charge in [-0.2, -0.15) is 0 Å². The van der Waals surface area contributed by atoms with Crippen molar-refractivity contribution in [2.75, 3.05) is 26.2 Å². The lowest BCUT2D eigenvalue weighted by Gasteiger charge is -2.22. The fraction of sp³-hybridized carbons (Fsp3) is 0.300. The second kappa shape index (κ2) is 8.72. The fourth-order valence-electron chi connectivity index (χ4n) is 3.07. The van der Waals surface area contributed by atoms with Crippen LogP contribution in [0.1, 0.15) is 22.3 Å². The SMILES string of the molecule is O=C(Cc1ccc(F)cc1)N1CCCN(C(=O)c2ccc(Cl)c(Cl)c2)CC1. The molecule has 0 saturated carbocycles. The number of benzene rings is 2. The van der Waals surface area contributed by atoms with Gasteiger partial charge < -0.3 is 9.80 Å². The molecular weight excluding hydrogens is 390 g/mol. The molecule has 142 valence electrons. The summed E-state index contributed by atoms with van der Waals surface area (Å²) in [7, 11) is 0. The van der Waals surface area contributed by atoms with E-state index in [-0.39, 0.29) is 24.1 Å². The van der Waals surface area contributed by atoms with E-state index in [4.69, 9.17) is 23.2 Å². The first-order valence-corrected chi connectivity index (χ1v) is 9.46. The first-order chi connectivity index (χ1) is 12.9. The van der Waals surface area contributed by atoms with E-state index >= 15 is 0 Å². The highest BCUT2D eigenvalue weighted by molar-refractivity contribution is 6.42. The second-order valence-electron chi connectivity index (χ2n) is 6.46. The number of nitrogens with zero attached hydrogens (tertiary/aromatic N) is 2. The van der Waals surface area contributed by atoms with E-state index in [0.29, 0.717) is 48.2 Å². The molecule has 7 heteroatoms. The third-order valence-electron chi connectivity index (χ3n) is 4.57. The minimum atomic E-state index is -0.322. The molecule has 1 aliphatic heterocycles. The van der Waals surface area contributed by atoms with Crippen LogP contribution in [-0.2, 0) is 11.2 Å². The number of rotatable bonds is 3. The van der Waals surface area contributed by atoms with Crippen LogP contribution in [0.5, 0.6) is 0 Å². The molecule has 0 spiro atoms. The van der Waals surface area contributed by atoms with Gasteiger partial charge >= 0.3 is 0 Å². The van der Waals surface area contributed by atoms with Crippen LogP contribution < -0.4 is 0 Å². The van der Waals surface area contributed by atoms with E-state index < -0.39 is 0 Å². The first-order valence-electron chi connectivity index (χ1n) is 8.70. The zero-order valence-corrected chi connectivity index (χ0v) is 16.1. The topological polar surface area (TPSA) is 40.6 Å². The van der Waals surface area contributed by atoms with Gasteiger partial charge in [-0.05, 0) is 42.3 Å². The molecule has 2 amide bonds. The van der Waals surface area contributed by atoms with Gasteiger partial charge in [0.1, 0.15) is 5.82 Å². The average molecular weight is 409 g/mol. The van der Waals surface area contributed by atoms with Crippen molar-refractivity contribution in [1.29, 1.82) is 0 Å². The van der Waals surface area contributed by atoms with Gasteiger partial charge in [0.25, 0.3) is 5.91 Å². The van der Waals surface area contributed by atoms with Gasteiger partial charge in [0.05, 0.1) is 16.5 Å². The Morgan fingerprint density at radius 3 is 2.26 bits per heavy atom. The van der Waals surface area contributed by atoms with Crippen molar-refractivity contribution < 1.29 is 14.0 Å². The van der Waals surface area contributed by atoms with Crippen molar-refractivity contribution in [3.63, 3.8) is 0 Å². The largest absolute Gasteiger partial charge is 0.341 e. The highest BCUT2D eigenvalue weighted by Crippen LogP contribution is 2.23. The third-order valence-corrected chi connectivity index (χ3v) is 5.31. The van der Waals surface area contributed by atoms with Crippen molar-refractivity contribution in [1.82, 2.24) is 9.80 Å². The Balaban J connectivity index is 1.60. The summed E-state index contributed by atoms with van der Waals surface area (Å²) in [6.45, 7) is 2.08. The summed E-state index contributed by atoms with van der Waals surface area (Å²) in [4.78, 5) is 28.7. The molecule has 0 bridgehead atoms. The number of carbonyl (C=O) groups excluding carboxylic acids is 2. The monoisotopic (exact) mass is 408 g/mol. The van der Waals surface area contributed by atoms with Gasteiger partial charge in [0, 0.05) is 31.7 Å². The Hall–Kier alpha value is -2.11. The molecule has 0 radical (unpaired) electrons. The molecule has 0 aliphatic carbocycles. The van der Waals surface area contributed by atoms with Crippen LogP contribution in [0, 0.1) is 5.82 Å². The lowest BCUT2D eigenvalue weighted by Crippen LogP contribution is -2.38. The van der Waals surface area contributed by atoms with Crippen LogP contribution >= 0.6 is 23.2 Å². The standard InChI is InChI=1S/C20H19Cl2FN2O2/c21-17-7-4-15(13-18(17)22)20(27)25-9-1-8-24(10-11-25)19(26)12-14-2-5-16(23)6-3-14/h2-7,13H,1,8-12H2. The molecule has 1 aliphatic rings. The molecule has 4 nitrogen and oxygen atoms in total. The predicted octanol–water partition coefficient (Wildman–Crippen LogP) is 4.05. The van der Waals surface area contributed by atoms with Crippen molar-refractivity contribution in [2.45, 2.75) is 12.8 Å². The summed E-state index contributed by atoms with van der Waals surface area (Å²) >= 11 is 11.9. The number of carbonyl (C=O) groups is 2. The molecule has 1 fully saturated rings. The minimum Gasteiger partial charge on any atom is -0.341 e. The summed E-state index contributed by atoms with van der Waals surface area (Å²) in [5.74, 6) is -0.468. The molecule has 0 unspecified atom stereocenters. The smallest absolute Gasteiger partial charge is 0.253 e. The Kier molecular flexibility index (Phi) is 6.34. The Labute approximate surface area is 167 Å². The van der Waals surface area contributed by atoms with Crippen LogP contribution in [0.15, 0.2) is 42.5 Å². The summed E-state index contributed by atoms with van der Waals surface area (Å²) < 4.78 is 13.0. The highest BCUT2D eigenvalue weighted by Gasteiger charge is 2.23. The van der Waals surface area contributed by atoms with Crippen molar-refractivity contribution in [3.8, 4) is 0 Å². The Morgan fingerprint density at radius 1 is 0.889 bits per heavy atom. The molecule has 2 aromatic rings. The second-order valence-corrected chi connectivity index (χ2v) is 7.27. The van der Waals surface area contributed by atoms with Crippen molar-refractivity contribution in [2.24, 2.45) is 0 Å². The molecule has 1 saturated heterocycles. The number of amides is 2. The molecule has 3 rings (SSSR count). The van der Waals surface area contributed by atoms with Gasteiger partial charge in [0.15, 0.2) is 0 Å². The van der Waals surface area contributed by atoms with Crippen LogP contribution in [0.3, 0.4) is 0 Å².